The van der Waals surface area contributed by atoms with E-state index in [1.54, 1.807) is 29.6 Å². The van der Waals surface area contributed by atoms with Crippen molar-refractivity contribution in [3.63, 3.8) is 0 Å². The number of aliphatic hydroxyl groups is 1. The zero-order valence-corrected chi connectivity index (χ0v) is 14.0. The lowest BCUT2D eigenvalue weighted by molar-refractivity contribution is -0.141. The largest absolute Gasteiger partial charge is 0.466 e. The molecule has 0 aliphatic rings. The van der Waals surface area contributed by atoms with Crippen LogP contribution < -0.4 is 5.32 Å². The number of furan rings is 1. The van der Waals surface area contributed by atoms with Gasteiger partial charge in [-0.05, 0) is 35.7 Å². The third-order valence-corrected chi connectivity index (χ3v) is 4.70. The SMILES string of the molecule is O=C(NC[C@@](O)(c1ccco1)c1cccs1)c1ccc(C(F)(F)F)nc1. The minimum Gasteiger partial charge on any atom is -0.466 e. The first-order valence-electron chi connectivity index (χ1n) is 7.42. The number of hydrogen-bond donors (Lipinski definition) is 2. The van der Waals surface area contributed by atoms with Gasteiger partial charge < -0.3 is 14.8 Å². The van der Waals surface area contributed by atoms with Crippen LogP contribution in [0.25, 0.3) is 0 Å². The van der Waals surface area contributed by atoms with Gasteiger partial charge in [0.15, 0.2) is 5.60 Å². The summed E-state index contributed by atoms with van der Waals surface area (Å²) in [5.41, 5.74) is -2.72. The van der Waals surface area contributed by atoms with Crippen LogP contribution in [-0.2, 0) is 11.8 Å². The smallest absolute Gasteiger partial charge is 0.433 e. The van der Waals surface area contributed by atoms with Crippen LogP contribution in [0.2, 0.25) is 0 Å². The van der Waals surface area contributed by atoms with Gasteiger partial charge in [0.2, 0.25) is 0 Å². The lowest BCUT2D eigenvalue weighted by Crippen LogP contribution is -2.41. The second kappa shape index (κ2) is 6.93. The van der Waals surface area contributed by atoms with Crippen molar-refractivity contribution < 1.29 is 27.5 Å². The molecular weight excluding hydrogens is 369 g/mol. The van der Waals surface area contributed by atoms with Gasteiger partial charge in [-0.1, -0.05) is 6.07 Å². The molecule has 5 nitrogen and oxygen atoms in total. The predicted molar refractivity (Wildman–Crippen MR) is 87.6 cm³/mol. The van der Waals surface area contributed by atoms with E-state index in [1.165, 1.54) is 17.6 Å². The standard InChI is InChI=1S/C17H13F3N2O3S/c18-17(19,20)12-6-5-11(9-21-12)15(23)22-10-16(24,13-3-1-7-25-13)14-4-2-8-26-14/h1-9,24H,10H2,(H,22,23)/t16-/m1/s1. The summed E-state index contributed by atoms with van der Waals surface area (Å²) in [4.78, 5) is 16.0. The van der Waals surface area contributed by atoms with Crippen LogP contribution in [0.15, 0.2) is 58.7 Å². The summed E-state index contributed by atoms with van der Waals surface area (Å²) < 4.78 is 42.9. The van der Waals surface area contributed by atoms with E-state index in [-0.39, 0.29) is 17.9 Å². The molecule has 0 fully saturated rings. The number of carbonyl (C=O) groups is 1. The number of thiophene rings is 1. The molecule has 3 rings (SSSR count). The van der Waals surface area contributed by atoms with Gasteiger partial charge in [0.1, 0.15) is 11.5 Å². The maximum Gasteiger partial charge on any atom is 0.433 e. The van der Waals surface area contributed by atoms with Crippen molar-refractivity contribution in [1.29, 1.82) is 0 Å². The highest BCUT2D eigenvalue weighted by Crippen LogP contribution is 2.32. The lowest BCUT2D eigenvalue weighted by atomic mass is 9.98. The summed E-state index contributed by atoms with van der Waals surface area (Å²) in [6.07, 6.45) is -2.33. The van der Waals surface area contributed by atoms with E-state index < -0.39 is 23.4 Å². The second-order valence-electron chi connectivity index (χ2n) is 5.43. The van der Waals surface area contributed by atoms with Gasteiger partial charge >= 0.3 is 6.18 Å². The Labute approximate surface area is 150 Å². The highest BCUT2D eigenvalue weighted by Gasteiger charge is 2.36. The van der Waals surface area contributed by atoms with Crippen molar-refractivity contribution in [1.82, 2.24) is 10.3 Å². The molecule has 0 aliphatic carbocycles. The van der Waals surface area contributed by atoms with E-state index in [9.17, 15) is 23.1 Å². The highest BCUT2D eigenvalue weighted by atomic mass is 32.1. The molecule has 0 unspecified atom stereocenters. The average molecular weight is 382 g/mol. The van der Waals surface area contributed by atoms with E-state index >= 15 is 0 Å². The van der Waals surface area contributed by atoms with Crippen LogP contribution in [0.3, 0.4) is 0 Å². The Bertz CT molecular complexity index is 826. The Morgan fingerprint density at radius 1 is 1.23 bits per heavy atom. The molecule has 1 atom stereocenters. The minimum absolute atomic E-state index is 0.0500. The Morgan fingerprint density at radius 3 is 2.58 bits per heavy atom. The molecule has 136 valence electrons. The van der Waals surface area contributed by atoms with Gasteiger partial charge in [-0.15, -0.1) is 11.3 Å². The summed E-state index contributed by atoms with van der Waals surface area (Å²) >= 11 is 1.28. The number of aromatic nitrogens is 1. The molecule has 1 amide bonds. The topological polar surface area (TPSA) is 75.4 Å². The Kier molecular flexibility index (Phi) is 4.84. The van der Waals surface area contributed by atoms with Crippen LogP contribution in [0.5, 0.6) is 0 Å². The predicted octanol–water partition coefficient (Wildman–Crippen LogP) is 3.42. The monoisotopic (exact) mass is 382 g/mol. The van der Waals surface area contributed by atoms with Gasteiger partial charge in [0.25, 0.3) is 5.91 Å². The zero-order valence-electron chi connectivity index (χ0n) is 13.2. The fourth-order valence-corrected chi connectivity index (χ4v) is 3.16. The first kappa shape index (κ1) is 18.2. The third-order valence-electron chi connectivity index (χ3n) is 3.68. The molecular formula is C17H13F3N2O3S. The van der Waals surface area contributed by atoms with Crippen LogP contribution in [-0.4, -0.2) is 22.5 Å². The van der Waals surface area contributed by atoms with Gasteiger partial charge in [-0.3, -0.25) is 9.78 Å². The van der Waals surface area contributed by atoms with E-state index in [1.807, 2.05) is 0 Å². The van der Waals surface area contributed by atoms with Crippen LogP contribution in [0.1, 0.15) is 26.7 Å². The van der Waals surface area contributed by atoms with Crippen molar-refractivity contribution in [2.75, 3.05) is 6.54 Å². The number of rotatable bonds is 5. The number of nitrogens with zero attached hydrogens (tertiary/aromatic N) is 1. The first-order valence-corrected chi connectivity index (χ1v) is 8.30. The molecule has 9 heteroatoms. The van der Waals surface area contributed by atoms with Gasteiger partial charge in [0.05, 0.1) is 18.4 Å². The summed E-state index contributed by atoms with van der Waals surface area (Å²) in [6, 6.07) is 8.38. The molecule has 0 spiro atoms. The number of amides is 1. The highest BCUT2D eigenvalue weighted by molar-refractivity contribution is 7.10. The number of carbonyl (C=O) groups excluding carboxylic acids is 1. The summed E-state index contributed by atoms with van der Waals surface area (Å²) in [5, 5.41) is 15.3. The van der Waals surface area contributed by atoms with Gasteiger partial charge in [-0.2, -0.15) is 13.2 Å². The van der Waals surface area contributed by atoms with Gasteiger partial charge in [0, 0.05) is 11.1 Å². The van der Waals surface area contributed by atoms with Crippen molar-refractivity contribution in [2.24, 2.45) is 0 Å². The number of alkyl halides is 3. The van der Waals surface area contributed by atoms with E-state index in [2.05, 4.69) is 10.3 Å². The van der Waals surface area contributed by atoms with Crippen LogP contribution >= 0.6 is 11.3 Å². The molecule has 0 aromatic carbocycles. The number of nitrogens with one attached hydrogen (secondary N) is 1. The molecule has 0 radical (unpaired) electrons. The van der Waals surface area contributed by atoms with E-state index in [0.29, 0.717) is 4.88 Å². The minimum atomic E-state index is -4.58. The van der Waals surface area contributed by atoms with Crippen LogP contribution in [0.4, 0.5) is 13.2 Å². The molecule has 0 saturated heterocycles. The van der Waals surface area contributed by atoms with Crippen molar-refractivity contribution in [2.45, 2.75) is 11.8 Å². The summed E-state index contributed by atoms with van der Waals surface area (Å²) in [5.74, 6) is -0.418. The van der Waals surface area contributed by atoms with E-state index in [4.69, 9.17) is 4.42 Å². The Balaban J connectivity index is 1.76. The normalized spacial score (nSPS) is 14.0. The summed E-state index contributed by atoms with van der Waals surface area (Å²) in [7, 11) is 0. The Hall–Kier alpha value is -2.65. The Morgan fingerprint density at radius 2 is 2.04 bits per heavy atom. The fourth-order valence-electron chi connectivity index (χ4n) is 2.33. The molecule has 0 bridgehead atoms. The zero-order chi connectivity index (χ0) is 18.8. The average Bonchev–Trinajstić information content (AvgIpc) is 3.32. The molecule has 2 N–H and O–H groups in total. The quantitative estimate of drug-likeness (QED) is 0.709. The number of pyridine rings is 1. The number of halogens is 3. The van der Waals surface area contributed by atoms with Crippen LogP contribution in [0, 0.1) is 0 Å². The lowest BCUT2D eigenvalue weighted by Gasteiger charge is -2.25. The molecule has 26 heavy (non-hydrogen) atoms. The first-order chi connectivity index (χ1) is 12.3. The van der Waals surface area contributed by atoms with E-state index in [0.717, 1.165) is 18.3 Å². The maximum absolute atomic E-state index is 12.5. The fraction of sp³-hybridized carbons (Fsp3) is 0.176. The summed E-state index contributed by atoms with van der Waals surface area (Å²) in [6.45, 7) is -0.221. The maximum atomic E-state index is 12.5. The molecule has 3 heterocycles. The molecule has 0 saturated carbocycles. The van der Waals surface area contributed by atoms with Crippen molar-refractivity contribution in [3.05, 3.63) is 76.1 Å². The molecule has 3 aromatic heterocycles. The molecule has 3 aromatic rings. The van der Waals surface area contributed by atoms with Crippen molar-refractivity contribution in [3.8, 4) is 0 Å². The number of hydrogen-bond acceptors (Lipinski definition) is 5. The van der Waals surface area contributed by atoms with Crippen molar-refractivity contribution >= 4 is 17.2 Å². The second-order valence-corrected chi connectivity index (χ2v) is 6.38. The molecule has 0 aliphatic heterocycles. The third kappa shape index (κ3) is 3.63. The van der Waals surface area contributed by atoms with Gasteiger partial charge in [-0.25, -0.2) is 0 Å².